The zero-order valence-corrected chi connectivity index (χ0v) is 12.4. The fourth-order valence-electron chi connectivity index (χ4n) is 2.51. The van der Waals surface area contributed by atoms with Crippen molar-refractivity contribution >= 4 is 5.78 Å². The number of rotatable bonds is 7. The third-order valence-corrected chi connectivity index (χ3v) is 3.74. The third kappa shape index (κ3) is 3.01. The van der Waals surface area contributed by atoms with Gasteiger partial charge in [-0.2, -0.15) is 5.10 Å². The molecule has 0 N–H and O–H groups in total. The highest BCUT2D eigenvalue weighted by Crippen LogP contribution is 2.20. The van der Waals surface area contributed by atoms with Crippen molar-refractivity contribution in [2.75, 3.05) is 0 Å². The summed E-state index contributed by atoms with van der Waals surface area (Å²) >= 11 is 0. The Morgan fingerprint density at radius 3 is 2.17 bits per heavy atom. The van der Waals surface area contributed by atoms with E-state index in [2.05, 4.69) is 37.5 Å². The first-order chi connectivity index (χ1) is 8.58. The minimum atomic E-state index is 0.152. The van der Waals surface area contributed by atoms with Crippen LogP contribution in [0.2, 0.25) is 0 Å². The Morgan fingerprint density at radius 1 is 1.17 bits per heavy atom. The van der Waals surface area contributed by atoms with Gasteiger partial charge in [-0.05, 0) is 25.7 Å². The zero-order valence-electron chi connectivity index (χ0n) is 12.4. The molecule has 0 saturated carbocycles. The number of carbonyl (C=O) groups excluding carboxylic acids is 1. The average Bonchev–Trinajstić information content (AvgIpc) is 2.73. The van der Waals surface area contributed by atoms with E-state index in [4.69, 9.17) is 0 Å². The molecule has 3 heteroatoms. The topological polar surface area (TPSA) is 34.9 Å². The molecule has 0 atom stereocenters. The lowest BCUT2D eigenvalue weighted by atomic mass is 10.0. The van der Waals surface area contributed by atoms with Gasteiger partial charge in [0.15, 0.2) is 5.78 Å². The Kier molecular flexibility index (Phi) is 5.57. The average molecular weight is 250 g/mol. The maximum Gasteiger partial charge on any atom is 0.163 e. The summed E-state index contributed by atoms with van der Waals surface area (Å²) in [6.45, 7) is 11.2. The van der Waals surface area contributed by atoms with Crippen LogP contribution in [0, 0.1) is 5.92 Å². The fourth-order valence-corrected chi connectivity index (χ4v) is 2.51. The predicted octanol–water partition coefficient (Wildman–Crippen LogP) is 3.65. The van der Waals surface area contributed by atoms with E-state index in [1.54, 1.807) is 6.92 Å². The van der Waals surface area contributed by atoms with Crippen molar-refractivity contribution in [2.45, 2.75) is 66.8 Å². The summed E-state index contributed by atoms with van der Waals surface area (Å²) in [7, 11) is 0. The first-order valence-electron chi connectivity index (χ1n) is 7.18. The first-order valence-corrected chi connectivity index (χ1v) is 7.18. The van der Waals surface area contributed by atoms with Gasteiger partial charge < -0.3 is 0 Å². The summed E-state index contributed by atoms with van der Waals surface area (Å²) in [6.07, 6.45) is 4.03. The summed E-state index contributed by atoms with van der Waals surface area (Å²) in [5, 5.41) is 4.65. The van der Waals surface area contributed by atoms with E-state index in [1.807, 2.05) is 0 Å². The van der Waals surface area contributed by atoms with E-state index >= 15 is 0 Å². The zero-order chi connectivity index (χ0) is 13.7. The molecular weight excluding hydrogens is 224 g/mol. The molecule has 0 amide bonds. The van der Waals surface area contributed by atoms with Crippen LogP contribution >= 0.6 is 0 Å². The van der Waals surface area contributed by atoms with E-state index < -0.39 is 0 Å². The Morgan fingerprint density at radius 2 is 1.78 bits per heavy atom. The normalized spacial score (nSPS) is 11.2. The van der Waals surface area contributed by atoms with E-state index in [0.29, 0.717) is 5.92 Å². The summed E-state index contributed by atoms with van der Waals surface area (Å²) < 4.78 is 2.08. The van der Waals surface area contributed by atoms with Crippen molar-refractivity contribution in [3.05, 3.63) is 17.0 Å². The summed E-state index contributed by atoms with van der Waals surface area (Å²) in [4.78, 5) is 11.8. The van der Waals surface area contributed by atoms with Gasteiger partial charge in [-0.25, -0.2) is 0 Å². The Balaban J connectivity index is 3.15. The summed E-state index contributed by atoms with van der Waals surface area (Å²) in [6, 6.07) is 0. The molecule has 0 unspecified atom stereocenters. The molecule has 1 rings (SSSR count). The monoisotopic (exact) mass is 250 g/mol. The van der Waals surface area contributed by atoms with Gasteiger partial charge in [0.2, 0.25) is 0 Å². The molecule has 1 aromatic rings. The van der Waals surface area contributed by atoms with Crippen LogP contribution in [0.1, 0.15) is 69.2 Å². The SMILES string of the molecule is CCc1nn(CC(CC)CC)c(CC)c1C(C)=O. The lowest BCUT2D eigenvalue weighted by Gasteiger charge is -2.14. The molecule has 18 heavy (non-hydrogen) atoms. The van der Waals surface area contributed by atoms with Crippen LogP contribution in [0.15, 0.2) is 0 Å². The minimum absolute atomic E-state index is 0.152. The number of Topliss-reactive ketones (excluding diaryl/α,β-unsaturated/α-hetero) is 1. The van der Waals surface area contributed by atoms with Crippen molar-refractivity contribution in [1.82, 2.24) is 9.78 Å². The molecule has 0 spiro atoms. The maximum atomic E-state index is 11.8. The Bertz CT molecular complexity index is 403. The number of aromatic nitrogens is 2. The molecular formula is C15H26N2O. The molecule has 3 nitrogen and oxygen atoms in total. The fraction of sp³-hybridized carbons (Fsp3) is 0.733. The van der Waals surface area contributed by atoms with Gasteiger partial charge >= 0.3 is 0 Å². The van der Waals surface area contributed by atoms with Gasteiger partial charge in [0.25, 0.3) is 0 Å². The van der Waals surface area contributed by atoms with Crippen molar-refractivity contribution in [1.29, 1.82) is 0 Å². The standard InChI is InChI=1S/C15H26N2O/c1-6-12(7-2)10-17-14(9-4)15(11(5)18)13(8-3)16-17/h12H,6-10H2,1-5H3. The number of aryl methyl sites for hydroxylation is 1. The second-order valence-corrected chi connectivity index (χ2v) is 4.90. The molecule has 0 aliphatic heterocycles. The first kappa shape index (κ1) is 14.9. The number of nitrogens with zero attached hydrogens (tertiary/aromatic N) is 2. The summed E-state index contributed by atoms with van der Waals surface area (Å²) in [5.74, 6) is 0.805. The number of carbonyl (C=O) groups is 1. The molecule has 0 radical (unpaired) electrons. The summed E-state index contributed by atoms with van der Waals surface area (Å²) in [5.41, 5.74) is 2.95. The largest absolute Gasteiger partial charge is 0.294 e. The molecule has 1 aromatic heterocycles. The molecule has 0 aliphatic carbocycles. The Hall–Kier alpha value is -1.12. The van der Waals surface area contributed by atoms with E-state index in [0.717, 1.165) is 49.2 Å². The van der Waals surface area contributed by atoms with Crippen LogP contribution in [-0.4, -0.2) is 15.6 Å². The van der Waals surface area contributed by atoms with Crippen LogP contribution in [0.25, 0.3) is 0 Å². The van der Waals surface area contributed by atoms with Crippen LogP contribution in [0.3, 0.4) is 0 Å². The third-order valence-electron chi connectivity index (χ3n) is 3.74. The maximum absolute atomic E-state index is 11.8. The highest BCUT2D eigenvalue weighted by atomic mass is 16.1. The molecule has 0 saturated heterocycles. The van der Waals surface area contributed by atoms with Crippen molar-refractivity contribution in [3.8, 4) is 0 Å². The van der Waals surface area contributed by atoms with Gasteiger partial charge in [0.05, 0.1) is 11.3 Å². The van der Waals surface area contributed by atoms with Gasteiger partial charge in [-0.15, -0.1) is 0 Å². The Labute approximate surface area is 111 Å². The highest BCUT2D eigenvalue weighted by molar-refractivity contribution is 5.96. The van der Waals surface area contributed by atoms with Crippen LogP contribution < -0.4 is 0 Å². The highest BCUT2D eigenvalue weighted by Gasteiger charge is 2.19. The lowest BCUT2D eigenvalue weighted by molar-refractivity contribution is 0.101. The quantitative estimate of drug-likeness (QED) is 0.692. The second kappa shape index (κ2) is 6.72. The van der Waals surface area contributed by atoms with Gasteiger partial charge in [0.1, 0.15) is 0 Å². The van der Waals surface area contributed by atoms with Gasteiger partial charge in [-0.1, -0.05) is 40.5 Å². The number of ketones is 1. The minimum Gasteiger partial charge on any atom is -0.294 e. The lowest BCUT2D eigenvalue weighted by Crippen LogP contribution is -2.13. The smallest absolute Gasteiger partial charge is 0.163 e. The van der Waals surface area contributed by atoms with Gasteiger partial charge in [0, 0.05) is 12.2 Å². The van der Waals surface area contributed by atoms with Crippen molar-refractivity contribution in [3.63, 3.8) is 0 Å². The van der Waals surface area contributed by atoms with E-state index in [1.165, 1.54) is 0 Å². The van der Waals surface area contributed by atoms with Gasteiger partial charge in [-0.3, -0.25) is 9.48 Å². The van der Waals surface area contributed by atoms with Crippen LogP contribution in [0.4, 0.5) is 0 Å². The van der Waals surface area contributed by atoms with Crippen molar-refractivity contribution in [2.24, 2.45) is 5.92 Å². The van der Waals surface area contributed by atoms with Crippen LogP contribution in [-0.2, 0) is 19.4 Å². The number of hydrogen-bond acceptors (Lipinski definition) is 2. The second-order valence-electron chi connectivity index (χ2n) is 4.90. The molecule has 0 bridgehead atoms. The molecule has 0 aromatic carbocycles. The molecule has 0 fully saturated rings. The molecule has 0 aliphatic rings. The predicted molar refractivity (Wildman–Crippen MR) is 75.1 cm³/mol. The molecule has 102 valence electrons. The van der Waals surface area contributed by atoms with E-state index in [-0.39, 0.29) is 5.78 Å². The van der Waals surface area contributed by atoms with E-state index in [9.17, 15) is 4.79 Å². The molecule has 1 heterocycles. The van der Waals surface area contributed by atoms with Crippen molar-refractivity contribution < 1.29 is 4.79 Å². The number of hydrogen-bond donors (Lipinski definition) is 0. The van der Waals surface area contributed by atoms with Crippen LogP contribution in [0.5, 0.6) is 0 Å².